The van der Waals surface area contributed by atoms with Crippen molar-refractivity contribution >= 4 is 40.6 Å². The van der Waals surface area contributed by atoms with E-state index in [-0.39, 0.29) is 5.91 Å². The van der Waals surface area contributed by atoms with Gasteiger partial charge in [0, 0.05) is 18.8 Å². The topological polar surface area (TPSA) is 46.1 Å². The van der Waals surface area contributed by atoms with Gasteiger partial charge in [-0.2, -0.15) is 11.8 Å². The highest BCUT2D eigenvalue weighted by Gasteiger charge is 2.20. The molecule has 1 saturated heterocycles. The van der Waals surface area contributed by atoms with Crippen LogP contribution in [0.5, 0.6) is 0 Å². The molecule has 1 aromatic heterocycles. The van der Waals surface area contributed by atoms with Crippen LogP contribution >= 0.6 is 34.7 Å². The van der Waals surface area contributed by atoms with Crippen LogP contribution in [0.4, 0.5) is 0 Å². The summed E-state index contributed by atoms with van der Waals surface area (Å²) in [4.78, 5) is 13.8. The summed E-state index contributed by atoms with van der Waals surface area (Å²) in [5.74, 6) is 2.08. The minimum atomic E-state index is -0.0399. The fourth-order valence-corrected chi connectivity index (χ4v) is 3.06. The maximum atomic E-state index is 11.9. The van der Waals surface area contributed by atoms with Gasteiger partial charge in [0.25, 0.3) is 5.91 Å². The molecule has 82 valence electrons. The van der Waals surface area contributed by atoms with Gasteiger partial charge in [-0.3, -0.25) is 4.79 Å². The predicted molar refractivity (Wildman–Crippen MR) is 62.8 cm³/mol. The van der Waals surface area contributed by atoms with Crippen molar-refractivity contribution < 1.29 is 4.79 Å². The first-order valence-electron chi connectivity index (χ1n) is 4.63. The molecule has 0 aromatic carbocycles. The van der Waals surface area contributed by atoms with Gasteiger partial charge in [-0.15, -0.1) is 10.2 Å². The summed E-state index contributed by atoms with van der Waals surface area (Å²) in [7, 11) is 0. The van der Waals surface area contributed by atoms with E-state index in [1.807, 2.05) is 16.7 Å². The van der Waals surface area contributed by atoms with Gasteiger partial charge in [-0.25, -0.2) is 0 Å². The Morgan fingerprint density at radius 1 is 1.33 bits per heavy atom. The lowest BCUT2D eigenvalue weighted by Crippen LogP contribution is -2.32. The second kappa shape index (κ2) is 5.14. The highest BCUT2D eigenvalue weighted by atomic mass is 35.5. The molecule has 0 radical (unpaired) electrons. The smallest absolute Gasteiger partial charge is 0.284 e. The van der Waals surface area contributed by atoms with Gasteiger partial charge in [0.1, 0.15) is 0 Å². The van der Waals surface area contributed by atoms with Crippen LogP contribution in [0.3, 0.4) is 0 Å². The van der Waals surface area contributed by atoms with Gasteiger partial charge < -0.3 is 4.90 Å². The molecule has 0 saturated carbocycles. The average molecular weight is 264 g/mol. The van der Waals surface area contributed by atoms with Crippen LogP contribution in [0.2, 0.25) is 4.47 Å². The summed E-state index contributed by atoms with van der Waals surface area (Å²) < 4.78 is 0.322. The number of hydrogen-bond acceptors (Lipinski definition) is 5. The summed E-state index contributed by atoms with van der Waals surface area (Å²) in [6.07, 6.45) is 1.04. The molecular formula is C8H10ClN3OS2. The average Bonchev–Trinajstić information content (AvgIpc) is 2.53. The molecular weight excluding hydrogens is 254 g/mol. The van der Waals surface area contributed by atoms with E-state index in [0.29, 0.717) is 9.47 Å². The molecule has 15 heavy (non-hydrogen) atoms. The number of halogens is 1. The van der Waals surface area contributed by atoms with Crippen molar-refractivity contribution in [3.63, 3.8) is 0 Å². The third-order valence-corrected chi connectivity index (χ3v) is 4.15. The molecule has 1 aromatic rings. The van der Waals surface area contributed by atoms with E-state index in [1.54, 1.807) is 0 Å². The van der Waals surface area contributed by atoms with Gasteiger partial charge in [0.15, 0.2) is 0 Å². The molecule has 0 unspecified atom stereocenters. The van der Waals surface area contributed by atoms with Crippen LogP contribution in [0.1, 0.15) is 16.2 Å². The van der Waals surface area contributed by atoms with Crippen LogP contribution in [-0.4, -0.2) is 45.6 Å². The van der Waals surface area contributed by atoms with Crippen molar-refractivity contribution in [3.8, 4) is 0 Å². The number of carbonyl (C=O) groups excluding carboxylic acids is 1. The Morgan fingerprint density at radius 2 is 2.20 bits per heavy atom. The third kappa shape index (κ3) is 2.83. The number of hydrogen-bond donors (Lipinski definition) is 0. The van der Waals surface area contributed by atoms with Gasteiger partial charge in [0.05, 0.1) is 0 Å². The van der Waals surface area contributed by atoms with Crippen molar-refractivity contribution in [1.29, 1.82) is 0 Å². The molecule has 2 heterocycles. The van der Waals surface area contributed by atoms with Gasteiger partial charge in [0.2, 0.25) is 9.47 Å². The maximum absolute atomic E-state index is 11.9. The fraction of sp³-hybridized carbons (Fsp3) is 0.625. The van der Waals surface area contributed by atoms with Crippen LogP contribution in [-0.2, 0) is 0 Å². The van der Waals surface area contributed by atoms with Crippen molar-refractivity contribution in [3.05, 3.63) is 9.47 Å². The fourth-order valence-electron chi connectivity index (χ4n) is 1.38. The molecule has 0 spiro atoms. The van der Waals surface area contributed by atoms with E-state index in [2.05, 4.69) is 10.2 Å². The molecule has 0 atom stereocenters. The van der Waals surface area contributed by atoms with Gasteiger partial charge in [-0.1, -0.05) is 11.3 Å². The maximum Gasteiger partial charge on any atom is 0.284 e. The minimum Gasteiger partial charge on any atom is -0.336 e. The van der Waals surface area contributed by atoms with Crippen molar-refractivity contribution in [1.82, 2.24) is 15.1 Å². The first kappa shape index (κ1) is 11.2. The summed E-state index contributed by atoms with van der Waals surface area (Å²) in [5, 5.41) is 7.79. The number of carbonyl (C=O) groups is 1. The normalized spacial score (nSPS) is 17.5. The standard InChI is InChI=1S/C8H10ClN3OS2/c9-8-11-10-6(15-8)7(13)12-2-1-4-14-5-3-12/h1-5H2. The Labute approximate surface area is 101 Å². The van der Waals surface area contributed by atoms with E-state index in [4.69, 9.17) is 11.6 Å². The van der Waals surface area contributed by atoms with E-state index in [9.17, 15) is 4.79 Å². The lowest BCUT2D eigenvalue weighted by molar-refractivity contribution is 0.0767. The minimum absolute atomic E-state index is 0.0399. The van der Waals surface area contributed by atoms with Crippen LogP contribution in [0.25, 0.3) is 0 Å². The number of thioether (sulfide) groups is 1. The Balaban J connectivity index is 2.06. The van der Waals surface area contributed by atoms with Crippen LogP contribution < -0.4 is 0 Å². The zero-order valence-electron chi connectivity index (χ0n) is 7.98. The second-order valence-corrected chi connectivity index (χ2v) is 5.90. The van der Waals surface area contributed by atoms with E-state index < -0.39 is 0 Å². The molecule has 0 aliphatic carbocycles. The highest BCUT2D eigenvalue weighted by molar-refractivity contribution is 7.99. The Bertz CT molecular complexity index is 349. The van der Waals surface area contributed by atoms with Gasteiger partial charge in [-0.05, 0) is 23.8 Å². The van der Waals surface area contributed by atoms with Crippen molar-refractivity contribution in [2.24, 2.45) is 0 Å². The Kier molecular flexibility index (Phi) is 3.82. The van der Waals surface area contributed by atoms with Crippen LogP contribution in [0, 0.1) is 0 Å². The first-order chi connectivity index (χ1) is 7.27. The lowest BCUT2D eigenvalue weighted by atomic mass is 10.4. The van der Waals surface area contributed by atoms with E-state index in [0.717, 1.165) is 42.4 Å². The molecule has 4 nitrogen and oxygen atoms in total. The SMILES string of the molecule is O=C(c1nnc(Cl)s1)N1CCCSCC1. The predicted octanol–water partition coefficient (Wildman–Crippen LogP) is 1.77. The zero-order chi connectivity index (χ0) is 10.7. The quantitative estimate of drug-likeness (QED) is 0.775. The molecule has 1 aliphatic rings. The van der Waals surface area contributed by atoms with Gasteiger partial charge >= 0.3 is 0 Å². The van der Waals surface area contributed by atoms with Crippen LogP contribution in [0.15, 0.2) is 0 Å². The van der Waals surface area contributed by atoms with Crippen molar-refractivity contribution in [2.45, 2.75) is 6.42 Å². The molecule has 2 rings (SSSR count). The summed E-state index contributed by atoms with van der Waals surface area (Å²) in [5.41, 5.74) is 0. The second-order valence-electron chi connectivity index (χ2n) is 3.12. The summed E-state index contributed by atoms with van der Waals surface area (Å²) >= 11 is 8.67. The molecule has 1 amide bonds. The Morgan fingerprint density at radius 3 is 2.93 bits per heavy atom. The largest absolute Gasteiger partial charge is 0.336 e. The molecule has 0 bridgehead atoms. The number of nitrogens with zero attached hydrogens (tertiary/aromatic N) is 3. The zero-order valence-corrected chi connectivity index (χ0v) is 10.4. The van der Waals surface area contributed by atoms with Crippen molar-refractivity contribution in [2.75, 3.05) is 24.6 Å². The molecule has 0 N–H and O–H groups in total. The lowest BCUT2D eigenvalue weighted by Gasteiger charge is -2.17. The Hall–Kier alpha value is -0.330. The van der Waals surface area contributed by atoms with E-state index >= 15 is 0 Å². The number of amides is 1. The monoisotopic (exact) mass is 263 g/mol. The highest BCUT2D eigenvalue weighted by Crippen LogP contribution is 2.18. The number of rotatable bonds is 1. The van der Waals surface area contributed by atoms with E-state index in [1.165, 1.54) is 0 Å². The third-order valence-electron chi connectivity index (χ3n) is 2.09. The molecule has 1 fully saturated rings. The first-order valence-corrected chi connectivity index (χ1v) is 6.98. The summed E-state index contributed by atoms with van der Waals surface area (Å²) in [6, 6.07) is 0. The summed E-state index contributed by atoms with van der Waals surface area (Å²) in [6.45, 7) is 1.60. The molecule has 1 aliphatic heterocycles. The number of aromatic nitrogens is 2. The molecule has 7 heteroatoms.